The number of fused-ring (bicyclic) bond motifs is 1. The summed E-state index contributed by atoms with van der Waals surface area (Å²) >= 11 is 10.6. The van der Waals surface area contributed by atoms with Gasteiger partial charge in [0.25, 0.3) is 0 Å². The van der Waals surface area contributed by atoms with Crippen molar-refractivity contribution in [2.75, 3.05) is 0 Å². The number of aryl methyl sites for hydroxylation is 1. The first-order valence-electron chi connectivity index (χ1n) is 9.80. The number of hydrogen-bond acceptors (Lipinski definition) is 3. The molecule has 1 atom stereocenters. The van der Waals surface area contributed by atoms with Crippen LogP contribution in [0.1, 0.15) is 28.7 Å². The molecule has 148 valence electrons. The first kappa shape index (κ1) is 20.0. The number of nitrogens with two attached hydrogens (primary N) is 1. The number of thiol groups is 1. The number of halogens is 1. The van der Waals surface area contributed by atoms with Crippen LogP contribution >= 0.6 is 24.2 Å². The van der Waals surface area contributed by atoms with Crippen LogP contribution in [0.15, 0.2) is 76.6 Å². The highest BCUT2D eigenvalue weighted by molar-refractivity contribution is 7.80. The molecule has 0 aliphatic heterocycles. The fourth-order valence-corrected chi connectivity index (χ4v) is 4.27. The molecule has 3 nitrogen and oxygen atoms in total. The maximum Gasteiger partial charge on any atom is 0.132 e. The van der Waals surface area contributed by atoms with Crippen molar-refractivity contribution in [3.63, 3.8) is 0 Å². The fraction of sp³-hybridized carbons (Fsp3) is 0.208. The van der Waals surface area contributed by atoms with Crippen molar-refractivity contribution < 1.29 is 0 Å². The van der Waals surface area contributed by atoms with Crippen LogP contribution in [0.2, 0.25) is 5.02 Å². The van der Waals surface area contributed by atoms with Crippen molar-refractivity contribution in [1.29, 1.82) is 0 Å². The van der Waals surface area contributed by atoms with Crippen LogP contribution in [0.4, 0.5) is 5.69 Å². The molecular weight excluding hydrogens is 398 g/mol. The molecule has 4 rings (SSSR count). The lowest BCUT2D eigenvalue weighted by molar-refractivity contribution is 0.458. The Morgan fingerprint density at radius 1 is 1.07 bits per heavy atom. The Kier molecular flexibility index (Phi) is 6.24. The number of rotatable bonds is 5. The standard InChI is InChI=1S/C24H24ClN3S/c25-19-5-3-4-16(12-19)15-27-20-10-8-17-9-11-21(14-18(17)13-20)28-24(26)22-6-1-2-7-23(22)29/h1-7,9,11-12,14,20,27,29H,8,10,13,15H2,(H2,26,28). The molecule has 0 aromatic heterocycles. The average Bonchev–Trinajstić information content (AvgIpc) is 2.72. The molecule has 3 aromatic rings. The van der Waals surface area contributed by atoms with E-state index < -0.39 is 0 Å². The van der Waals surface area contributed by atoms with Gasteiger partial charge in [-0.05, 0) is 66.3 Å². The van der Waals surface area contributed by atoms with Crippen LogP contribution in [0.5, 0.6) is 0 Å². The fourth-order valence-electron chi connectivity index (χ4n) is 3.79. The second-order valence-electron chi connectivity index (χ2n) is 7.42. The van der Waals surface area contributed by atoms with Crippen molar-refractivity contribution >= 4 is 35.8 Å². The molecule has 29 heavy (non-hydrogen) atoms. The first-order valence-corrected chi connectivity index (χ1v) is 10.6. The van der Waals surface area contributed by atoms with Crippen molar-refractivity contribution in [2.24, 2.45) is 10.7 Å². The Morgan fingerprint density at radius 3 is 2.76 bits per heavy atom. The maximum atomic E-state index is 6.23. The third-order valence-electron chi connectivity index (χ3n) is 5.33. The van der Waals surface area contributed by atoms with Crippen molar-refractivity contribution in [3.8, 4) is 0 Å². The molecule has 0 bridgehead atoms. The van der Waals surface area contributed by atoms with E-state index in [1.165, 1.54) is 16.7 Å². The minimum Gasteiger partial charge on any atom is -0.383 e. The van der Waals surface area contributed by atoms with E-state index in [4.69, 9.17) is 17.3 Å². The zero-order valence-electron chi connectivity index (χ0n) is 16.1. The summed E-state index contributed by atoms with van der Waals surface area (Å²) in [5.41, 5.74) is 11.9. The van der Waals surface area contributed by atoms with Gasteiger partial charge in [0, 0.05) is 28.1 Å². The molecule has 1 aliphatic carbocycles. The molecule has 0 amide bonds. The number of aliphatic imine (C=N–C) groups is 1. The number of amidine groups is 1. The van der Waals surface area contributed by atoms with Gasteiger partial charge < -0.3 is 11.1 Å². The molecule has 0 saturated heterocycles. The highest BCUT2D eigenvalue weighted by atomic mass is 35.5. The average molecular weight is 422 g/mol. The van der Waals surface area contributed by atoms with Gasteiger partial charge in [-0.15, -0.1) is 12.6 Å². The molecule has 0 spiro atoms. The molecular formula is C24H24ClN3S. The van der Waals surface area contributed by atoms with Crippen molar-refractivity contribution in [1.82, 2.24) is 5.32 Å². The summed E-state index contributed by atoms with van der Waals surface area (Å²) in [6, 6.07) is 22.6. The lowest BCUT2D eigenvalue weighted by Crippen LogP contribution is -2.34. The topological polar surface area (TPSA) is 50.4 Å². The van der Waals surface area contributed by atoms with E-state index >= 15 is 0 Å². The molecule has 3 aromatic carbocycles. The van der Waals surface area contributed by atoms with Gasteiger partial charge in [-0.25, -0.2) is 4.99 Å². The Labute approximate surface area is 182 Å². The Morgan fingerprint density at radius 2 is 1.93 bits per heavy atom. The van der Waals surface area contributed by atoms with Gasteiger partial charge in [0.1, 0.15) is 5.84 Å². The minimum atomic E-state index is 0.441. The number of nitrogens with one attached hydrogen (secondary N) is 1. The van der Waals surface area contributed by atoms with E-state index in [-0.39, 0.29) is 0 Å². The van der Waals surface area contributed by atoms with Crippen molar-refractivity contribution in [3.05, 3.63) is 94.0 Å². The van der Waals surface area contributed by atoms with Gasteiger partial charge in [-0.2, -0.15) is 0 Å². The van der Waals surface area contributed by atoms with Gasteiger partial charge in [0.2, 0.25) is 0 Å². The summed E-state index contributed by atoms with van der Waals surface area (Å²) in [4.78, 5) is 5.47. The SMILES string of the molecule is NC(=Nc1ccc2c(c1)CC(NCc1cccc(Cl)c1)CC2)c1ccccc1S. The Hall–Kier alpha value is -2.27. The third-order valence-corrected chi connectivity index (χ3v) is 5.96. The summed E-state index contributed by atoms with van der Waals surface area (Å²) in [7, 11) is 0. The molecule has 0 heterocycles. The van der Waals surface area contributed by atoms with E-state index in [1.807, 2.05) is 48.5 Å². The lowest BCUT2D eigenvalue weighted by atomic mass is 9.88. The van der Waals surface area contributed by atoms with E-state index in [1.54, 1.807) is 0 Å². The van der Waals surface area contributed by atoms with Gasteiger partial charge in [-0.1, -0.05) is 48.0 Å². The summed E-state index contributed by atoms with van der Waals surface area (Å²) in [6.07, 6.45) is 3.19. The summed E-state index contributed by atoms with van der Waals surface area (Å²) in [5, 5.41) is 4.45. The van der Waals surface area contributed by atoms with Gasteiger partial charge >= 0.3 is 0 Å². The van der Waals surface area contributed by atoms with Crippen LogP contribution < -0.4 is 11.1 Å². The molecule has 0 radical (unpaired) electrons. The van der Waals surface area contributed by atoms with E-state index in [2.05, 4.69) is 41.1 Å². The predicted octanol–water partition coefficient (Wildman–Crippen LogP) is 5.31. The summed E-state index contributed by atoms with van der Waals surface area (Å²) in [5.74, 6) is 0.488. The van der Waals surface area contributed by atoms with Gasteiger partial charge in [0.15, 0.2) is 0 Å². The molecule has 1 aliphatic rings. The smallest absolute Gasteiger partial charge is 0.132 e. The predicted molar refractivity (Wildman–Crippen MR) is 125 cm³/mol. The zero-order valence-corrected chi connectivity index (χ0v) is 17.8. The summed E-state index contributed by atoms with van der Waals surface area (Å²) < 4.78 is 0. The minimum absolute atomic E-state index is 0.441. The van der Waals surface area contributed by atoms with Gasteiger partial charge in [-0.3, -0.25) is 0 Å². The highest BCUT2D eigenvalue weighted by Crippen LogP contribution is 2.27. The van der Waals surface area contributed by atoms with Crippen LogP contribution in [-0.2, 0) is 19.4 Å². The monoisotopic (exact) mass is 421 g/mol. The third kappa shape index (κ3) is 5.02. The second kappa shape index (κ2) is 9.04. The van der Waals surface area contributed by atoms with E-state index in [0.29, 0.717) is 11.9 Å². The van der Waals surface area contributed by atoms with Gasteiger partial charge in [0.05, 0.1) is 5.69 Å². The quantitative estimate of drug-likeness (QED) is 0.297. The first-order chi connectivity index (χ1) is 14.1. The van der Waals surface area contributed by atoms with Crippen LogP contribution in [-0.4, -0.2) is 11.9 Å². The number of nitrogens with zero attached hydrogens (tertiary/aromatic N) is 1. The van der Waals surface area contributed by atoms with Crippen LogP contribution in [0.3, 0.4) is 0 Å². The van der Waals surface area contributed by atoms with Crippen molar-refractivity contribution in [2.45, 2.75) is 36.7 Å². The second-order valence-corrected chi connectivity index (χ2v) is 8.34. The van der Waals surface area contributed by atoms with Crippen LogP contribution in [0, 0.1) is 0 Å². The Bertz CT molecular complexity index is 1050. The largest absolute Gasteiger partial charge is 0.383 e. The molecule has 5 heteroatoms. The maximum absolute atomic E-state index is 6.23. The molecule has 3 N–H and O–H groups in total. The molecule has 0 saturated carbocycles. The zero-order chi connectivity index (χ0) is 20.2. The van der Waals surface area contributed by atoms with E-state index in [9.17, 15) is 0 Å². The molecule has 0 fully saturated rings. The normalized spacial score (nSPS) is 16.5. The van der Waals surface area contributed by atoms with E-state index in [0.717, 1.165) is 47.0 Å². The lowest BCUT2D eigenvalue weighted by Gasteiger charge is -2.26. The highest BCUT2D eigenvalue weighted by Gasteiger charge is 2.18. The Balaban J connectivity index is 1.47. The van der Waals surface area contributed by atoms with Crippen LogP contribution in [0.25, 0.3) is 0 Å². The molecule has 1 unspecified atom stereocenters. The summed E-state index contributed by atoms with van der Waals surface area (Å²) in [6.45, 7) is 0.823. The number of benzene rings is 3. The number of hydrogen-bond donors (Lipinski definition) is 3.